The van der Waals surface area contributed by atoms with Gasteiger partial charge in [0.1, 0.15) is 5.75 Å². The molecule has 1 unspecified atom stereocenters. The molecule has 0 saturated heterocycles. The Hall–Kier alpha value is -1.88. The highest BCUT2D eigenvalue weighted by molar-refractivity contribution is 5.30. The molecule has 0 bridgehead atoms. The van der Waals surface area contributed by atoms with Crippen molar-refractivity contribution in [1.29, 1.82) is 0 Å². The van der Waals surface area contributed by atoms with Gasteiger partial charge in [-0.1, -0.05) is 6.92 Å². The minimum atomic E-state index is -0.241. The van der Waals surface area contributed by atoms with Crippen LogP contribution in [-0.4, -0.2) is 21.1 Å². The molecule has 0 radical (unpaired) electrons. The first kappa shape index (κ1) is 12.6. The first-order chi connectivity index (χ1) is 8.72. The van der Waals surface area contributed by atoms with Gasteiger partial charge in [-0.3, -0.25) is 4.98 Å². The monoisotopic (exact) mass is 246 g/mol. The molecule has 2 aromatic rings. The molecule has 1 atom stereocenters. The van der Waals surface area contributed by atoms with Gasteiger partial charge < -0.3 is 15.0 Å². The third kappa shape index (κ3) is 2.68. The van der Waals surface area contributed by atoms with Gasteiger partial charge in [0.05, 0.1) is 37.1 Å². The van der Waals surface area contributed by atoms with Crippen molar-refractivity contribution in [2.24, 2.45) is 12.8 Å². The fourth-order valence-electron chi connectivity index (χ4n) is 1.74. The molecule has 0 aliphatic carbocycles. The number of nitrogens with zero attached hydrogens (tertiary/aromatic N) is 3. The second-order valence-electron chi connectivity index (χ2n) is 4.21. The molecule has 2 heterocycles. The summed E-state index contributed by atoms with van der Waals surface area (Å²) in [6, 6.07) is 1.69. The molecule has 2 rings (SSSR count). The maximum Gasteiger partial charge on any atom is 0.137 e. The van der Waals surface area contributed by atoms with Gasteiger partial charge in [-0.2, -0.15) is 0 Å². The largest absolute Gasteiger partial charge is 0.492 e. The van der Waals surface area contributed by atoms with E-state index < -0.39 is 0 Å². The van der Waals surface area contributed by atoms with Crippen molar-refractivity contribution in [2.45, 2.75) is 19.4 Å². The minimum absolute atomic E-state index is 0.241. The van der Waals surface area contributed by atoms with Crippen molar-refractivity contribution in [1.82, 2.24) is 14.5 Å². The lowest BCUT2D eigenvalue weighted by molar-refractivity contribution is 0.315. The van der Waals surface area contributed by atoms with Gasteiger partial charge in [-0.05, 0) is 18.1 Å². The summed E-state index contributed by atoms with van der Waals surface area (Å²) < 4.78 is 7.46. The Morgan fingerprint density at radius 2 is 2.17 bits per heavy atom. The highest BCUT2D eigenvalue weighted by atomic mass is 16.5. The number of aryl methyl sites for hydroxylation is 1. The molecule has 0 aliphatic rings. The topological polar surface area (TPSA) is 66.0 Å². The van der Waals surface area contributed by atoms with Gasteiger partial charge in [0, 0.05) is 13.2 Å². The number of pyridine rings is 1. The molecule has 5 nitrogen and oxygen atoms in total. The highest BCUT2D eigenvalue weighted by Crippen LogP contribution is 2.21. The molecule has 18 heavy (non-hydrogen) atoms. The molecule has 0 aromatic carbocycles. The molecule has 0 aliphatic heterocycles. The zero-order chi connectivity index (χ0) is 13.0. The number of aromatic nitrogens is 3. The Morgan fingerprint density at radius 3 is 2.83 bits per heavy atom. The summed E-state index contributed by atoms with van der Waals surface area (Å²) in [5, 5.41) is 0. The summed E-state index contributed by atoms with van der Waals surface area (Å²) in [7, 11) is 1.92. The third-order valence-electron chi connectivity index (χ3n) is 2.74. The van der Waals surface area contributed by atoms with Crippen LogP contribution in [0.3, 0.4) is 0 Å². The predicted octanol–water partition coefficient (Wildman–Crippen LogP) is 1.65. The average molecular weight is 246 g/mol. The number of nitrogens with two attached hydrogens (primary N) is 1. The van der Waals surface area contributed by atoms with E-state index in [-0.39, 0.29) is 6.04 Å². The van der Waals surface area contributed by atoms with E-state index in [0.717, 1.165) is 23.4 Å². The normalized spacial score (nSPS) is 12.4. The molecule has 96 valence electrons. The van der Waals surface area contributed by atoms with E-state index in [4.69, 9.17) is 10.5 Å². The minimum Gasteiger partial charge on any atom is -0.492 e. The van der Waals surface area contributed by atoms with Crippen LogP contribution in [0.1, 0.15) is 30.6 Å². The van der Waals surface area contributed by atoms with Crippen molar-refractivity contribution >= 4 is 0 Å². The molecule has 2 aromatic heterocycles. The Labute approximate surface area is 107 Å². The molecule has 0 saturated carbocycles. The van der Waals surface area contributed by atoms with E-state index in [1.807, 2.05) is 17.7 Å². The van der Waals surface area contributed by atoms with Crippen molar-refractivity contribution in [3.8, 4) is 5.75 Å². The molecule has 0 spiro atoms. The summed E-state index contributed by atoms with van der Waals surface area (Å²) in [6.45, 7) is 2.75. The third-order valence-corrected chi connectivity index (χ3v) is 2.74. The first-order valence-corrected chi connectivity index (χ1v) is 6.02. The van der Waals surface area contributed by atoms with Gasteiger partial charge in [0.2, 0.25) is 0 Å². The van der Waals surface area contributed by atoms with Crippen LogP contribution in [0.15, 0.2) is 31.0 Å². The molecule has 0 fully saturated rings. The zero-order valence-electron chi connectivity index (χ0n) is 10.7. The van der Waals surface area contributed by atoms with Crippen LogP contribution in [0, 0.1) is 0 Å². The van der Waals surface area contributed by atoms with E-state index in [1.54, 1.807) is 24.9 Å². The van der Waals surface area contributed by atoms with Gasteiger partial charge in [-0.25, -0.2) is 4.98 Å². The fraction of sp³-hybridized carbons (Fsp3) is 0.385. The van der Waals surface area contributed by atoms with E-state index in [9.17, 15) is 0 Å². The Bertz CT molecular complexity index is 509. The van der Waals surface area contributed by atoms with Crippen LogP contribution in [0.25, 0.3) is 0 Å². The number of hydrogen-bond acceptors (Lipinski definition) is 4. The van der Waals surface area contributed by atoms with Crippen LogP contribution in [-0.2, 0) is 7.05 Å². The maximum absolute atomic E-state index is 6.20. The number of hydrogen-bond donors (Lipinski definition) is 1. The molecule has 5 heteroatoms. The lowest BCUT2D eigenvalue weighted by atomic mass is 10.1. The summed E-state index contributed by atoms with van der Waals surface area (Å²) in [4.78, 5) is 8.24. The SMILES string of the molecule is CCCOc1cncc(C(N)c2cncn2C)c1. The summed E-state index contributed by atoms with van der Waals surface area (Å²) in [5.41, 5.74) is 8.07. The van der Waals surface area contributed by atoms with Crippen LogP contribution in [0.2, 0.25) is 0 Å². The van der Waals surface area contributed by atoms with E-state index >= 15 is 0 Å². The van der Waals surface area contributed by atoms with Crippen LogP contribution >= 0.6 is 0 Å². The fourth-order valence-corrected chi connectivity index (χ4v) is 1.74. The maximum atomic E-state index is 6.20. The summed E-state index contributed by atoms with van der Waals surface area (Å²) in [5.74, 6) is 0.756. The van der Waals surface area contributed by atoms with E-state index in [2.05, 4.69) is 16.9 Å². The lowest BCUT2D eigenvalue weighted by Gasteiger charge is -2.13. The molecular formula is C13H18N4O. The summed E-state index contributed by atoms with van der Waals surface area (Å²) >= 11 is 0. The van der Waals surface area contributed by atoms with Gasteiger partial charge in [0.25, 0.3) is 0 Å². The van der Waals surface area contributed by atoms with Crippen molar-refractivity contribution in [3.63, 3.8) is 0 Å². The molecule has 2 N–H and O–H groups in total. The number of rotatable bonds is 5. The van der Waals surface area contributed by atoms with Crippen LogP contribution in [0.5, 0.6) is 5.75 Å². The number of imidazole rings is 1. The molecular weight excluding hydrogens is 228 g/mol. The number of ether oxygens (including phenoxy) is 1. The second-order valence-corrected chi connectivity index (χ2v) is 4.21. The smallest absolute Gasteiger partial charge is 0.137 e. The van der Waals surface area contributed by atoms with Crippen molar-refractivity contribution < 1.29 is 4.74 Å². The molecule has 0 amide bonds. The Morgan fingerprint density at radius 1 is 1.33 bits per heavy atom. The predicted molar refractivity (Wildman–Crippen MR) is 69.3 cm³/mol. The second kappa shape index (κ2) is 5.64. The van der Waals surface area contributed by atoms with Gasteiger partial charge in [-0.15, -0.1) is 0 Å². The zero-order valence-corrected chi connectivity index (χ0v) is 10.7. The van der Waals surface area contributed by atoms with Gasteiger partial charge in [0.15, 0.2) is 0 Å². The lowest BCUT2D eigenvalue weighted by Crippen LogP contribution is -2.15. The van der Waals surface area contributed by atoms with Gasteiger partial charge >= 0.3 is 0 Å². The quantitative estimate of drug-likeness (QED) is 0.871. The van der Waals surface area contributed by atoms with Crippen LogP contribution < -0.4 is 10.5 Å². The van der Waals surface area contributed by atoms with E-state index in [1.165, 1.54) is 0 Å². The average Bonchev–Trinajstić information content (AvgIpc) is 2.82. The first-order valence-electron chi connectivity index (χ1n) is 6.02. The standard InChI is InChI=1S/C13H18N4O/c1-3-4-18-11-5-10(6-15-7-11)13(14)12-8-16-9-17(12)2/h5-9,13H,3-4,14H2,1-2H3. The van der Waals surface area contributed by atoms with Crippen molar-refractivity contribution in [2.75, 3.05) is 6.61 Å². The van der Waals surface area contributed by atoms with E-state index in [0.29, 0.717) is 6.61 Å². The van der Waals surface area contributed by atoms with Crippen molar-refractivity contribution in [3.05, 3.63) is 42.2 Å². The Balaban J connectivity index is 2.20. The highest BCUT2D eigenvalue weighted by Gasteiger charge is 2.13. The Kier molecular flexibility index (Phi) is 3.94. The summed E-state index contributed by atoms with van der Waals surface area (Å²) in [6.07, 6.45) is 7.94. The van der Waals surface area contributed by atoms with Crippen LogP contribution in [0.4, 0.5) is 0 Å².